The van der Waals surface area contributed by atoms with Gasteiger partial charge in [0.1, 0.15) is 0 Å². The summed E-state index contributed by atoms with van der Waals surface area (Å²) < 4.78 is 2.27. The summed E-state index contributed by atoms with van der Waals surface area (Å²) >= 11 is 1.92. The average Bonchev–Trinajstić information content (AvgIpc) is 3.58. The Labute approximate surface area is 311 Å². The molecule has 53 heavy (non-hydrogen) atoms. The predicted molar refractivity (Wildman–Crippen MR) is 222 cm³/mol. The summed E-state index contributed by atoms with van der Waals surface area (Å²) in [6, 6.07) is 56.4. The number of rotatable bonds is 4. The molecule has 0 bridgehead atoms. The lowest BCUT2D eigenvalue weighted by atomic mass is 9.96. The van der Waals surface area contributed by atoms with Crippen molar-refractivity contribution in [2.75, 3.05) is 4.90 Å². The maximum absolute atomic E-state index is 5.36. The molecule has 0 saturated carbocycles. The molecule has 0 radical (unpaired) electrons. The van der Waals surface area contributed by atoms with Gasteiger partial charge in [0, 0.05) is 37.2 Å². The number of thioether (sulfide) groups is 1. The molecule has 0 atom stereocenters. The van der Waals surface area contributed by atoms with Crippen molar-refractivity contribution in [2.24, 2.45) is 0 Å². The highest BCUT2D eigenvalue weighted by atomic mass is 32.2. The summed E-state index contributed by atoms with van der Waals surface area (Å²) in [7, 11) is 0. The van der Waals surface area contributed by atoms with Crippen molar-refractivity contribution >= 4 is 66.6 Å². The first kappa shape index (κ1) is 30.2. The maximum atomic E-state index is 5.36. The number of hydrogen-bond donors (Lipinski definition) is 0. The Bertz CT molecular complexity index is 2980. The van der Waals surface area contributed by atoms with Crippen LogP contribution in [0, 0.1) is 0 Å². The Kier molecular flexibility index (Phi) is 6.89. The highest BCUT2D eigenvalue weighted by Crippen LogP contribution is 2.51. The number of hydrogen-bond acceptors (Lipinski definition) is 4. The van der Waals surface area contributed by atoms with Gasteiger partial charge in [-0.1, -0.05) is 133 Å². The second-order valence-electron chi connectivity index (χ2n) is 13.7. The summed E-state index contributed by atoms with van der Waals surface area (Å²) in [5, 5.41) is 5.89. The van der Waals surface area contributed by atoms with Crippen molar-refractivity contribution in [2.45, 2.75) is 17.7 Å². The third-order valence-corrected chi connectivity index (χ3v) is 11.8. The molecule has 1 aliphatic heterocycles. The monoisotopic (exact) mass is 696 g/mol. The van der Waals surface area contributed by atoms with E-state index in [2.05, 4.69) is 173 Å². The first-order valence-corrected chi connectivity index (χ1v) is 19.0. The van der Waals surface area contributed by atoms with Crippen molar-refractivity contribution < 1.29 is 0 Å². The first-order valence-electron chi connectivity index (χ1n) is 18.1. The van der Waals surface area contributed by atoms with Crippen LogP contribution in [0.15, 0.2) is 185 Å². The third-order valence-electron chi connectivity index (χ3n) is 10.6. The SMILES string of the molecule is C1=CC2=C(CC1)Sc1cc(-c3cccc4c3c3c5ccccc5ccc3n4-c3nc(-c4ccccc4)c4ccccc4n3)ccc1N2c1ccccc1. The molecular weight excluding hydrogens is 665 g/mol. The van der Waals surface area contributed by atoms with Gasteiger partial charge in [0.15, 0.2) is 0 Å². The Hall–Kier alpha value is -6.43. The van der Waals surface area contributed by atoms with Crippen LogP contribution in [-0.4, -0.2) is 14.5 Å². The van der Waals surface area contributed by atoms with E-state index in [-0.39, 0.29) is 0 Å². The molecule has 2 aromatic heterocycles. The van der Waals surface area contributed by atoms with E-state index in [0.29, 0.717) is 5.95 Å². The Morgan fingerprint density at radius 1 is 0.585 bits per heavy atom. The molecule has 5 heteroatoms. The number of anilines is 2. The zero-order valence-corrected chi connectivity index (χ0v) is 29.6. The standard InChI is InChI=1S/C48H32N4S/c1-3-15-32(16-4-1)47-37-20-9-10-22-38(37)49-48(50-47)52-41-24-13-21-36(46(41)45-35-19-8-7-14-31(35)26-29-42(45)52)33-27-28-40-44(30-33)53-43-25-12-11-23-39(43)51(40)34-17-5-2-6-18-34/h1-11,13-24,26-30H,12,25H2. The number of benzene rings is 7. The van der Waals surface area contributed by atoms with Gasteiger partial charge >= 0.3 is 0 Å². The second kappa shape index (κ2) is 12.1. The molecule has 3 heterocycles. The molecular formula is C48H32N4S. The predicted octanol–water partition coefficient (Wildman–Crippen LogP) is 13.0. The first-order chi connectivity index (χ1) is 26.3. The van der Waals surface area contributed by atoms with Gasteiger partial charge in [0.25, 0.3) is 0 Å². The molecule has 250 valence electrons. The van der Waals surface area contributed by atoms with E-state index in [0.717, 1.165) is 46.0 Å². The zero-order valence-electron chi connectivity index (χ0n) is 28.8. The smallest absolute Gasteiger partial charge is 0.235 e. The molecule has 0 fully saturated rings. The molecule has 1 aliphatic carbocycles. The number of para-hydroxylation sites is 2. The van der Waals surface area contributed by atoms with Gasteiger partial charge in [0.05, 0.1) is 33.6 Å². The van der Waals surface area contributed by atoms with Crippen LogP contribution in [0.5, 0.6) is 0 Å². The van der Waals surface area contributed by atoms with Gasteiger partial charge < -0.3 is 4.90 Å². The van der Waals surface area contributed by atoms with Crippen molar-refractivity contribution in [3.8, 4) is 28.3 Å². The highest BCUT2D eigenvalue weighted by Gasteiger charge is 2.28. The van der Waals surface area contributed by atoms with Gasteiger partial charge in [-0.3, -0.25) is 4.57 Å². The van der Waals surface area contributed by atoms with Gasteiger partial charge in [-0.15, -0.1) is 0 Å². The molecule has 7 aromatic carbocycles. The Morgan fingerprint density at radius 3 is 2.25 bits per heavy atom. The number of aromatic nitrogens is 3. The van der Waals surface area contributed by atoms with Crippen molar-refractivity contribution in [3.63, 3.8) is 0 Å². The van der Waals surface area contributed by atoms with E-state index in [4.69, 9.17) is 9.97 Å². The third kappa shape index (κ3) is 4.78. The van der Waals surface area contributed by atoms with Crippen molar-refractivity contribution in [3.05, 3.63) is 180 Å². The van der Waals surface area contributed by atoms with Crippen LogP contribution in [-0.2, 0) is 0 Å². The summed E-state index contributed by atoms with van der Waals surface area (Å²) in [5.74, 6) is 0.666. The Balaban J connectivity index is 1.18. The lowest BCUT2D eigenvalue weighted by molar-refractivity contribution is 0.969. The normalized spacial score (nSPS) is 14.0. The minimum absolute atomic E-state index is 0.666. The quantitative estimate of drug-likeness (QED) is 0.183. The maximum Gasteiger partial charge on any atom is 0.235 e. The van der Waals surface area contributed by atoms with Gasteiger partial charge in [-0.05, 0) is 83.3 Å². The lowest BCUT2D eigenvalue weighted by Gasteiger charge is -2.35. The zero-order chi connectivity index (χ0) is 34.9. The molecule has 4 nitrogen and oxygen atoms in total. The summed E-state index contributed by atoms with van der Waals surface area (Å²) in [6.45, 7) is 0. The van der Waals surface area contributed by atoms with E-state index in [1.54, 1.807) is 0 Å². The van der Waals surface area contributed by atoms with Crippen molar-refractivity contribution in [1.29, 1.82) is 0 Å². The van der Waals surface area contributed by atoms with E-state index >= 15 is 0 Å². The number of fused-ring (bicyclic) bond motifs is 7. The fourth-order valence-electron chi connectivity index (χ4n) is 8.26. The van der Waals surface area contributed by atoms with Crippen LogP contribution in [0.25, 0.3) is 71.8 Å². The summed E-state index contributed by atoms with van der Waals surface area (Å²) in [5.41, 5.74) is 11.2. The number of allylic oxidation sites excluding steroid dienone is 3. The van der Waals surface area contributed by atoms with Crippen molar-refractivity contribution in [1.82, 2.24) is 14.5 Å². The minimum atomic E-state index is 0.666. The topological polar surface area (TPSA) is 34.0 Å². The van der Waals surface area contributed by atoms with Crippen LogP contribution in [0.3, 0.4) is 0 Å². The van der Waals surface area contributed by atoms with Crippen LogP contribution >= 0.6 is 11.8 Å². The van der Waals surface area contributed by atoms with Crippen LogP contribution < -0.4 is 4.90 Å². The Morgan fingerprint density at radius 2 is 1.36 bits per heavy atom. The van der Waals surface area contributed by atoms with E-state index in [1.165, 1.54) is 59.5 Å². The van der Waals surface area contributed by atoms with Crippen LogP contribution in [0.2, 0.25) is 0 Å². The minimum Gasteiger partial charge on any atom is -0.309 e. The molecule has 0 saturated heterocycles. The van der Waals surface area contributed by atoms with Gasteiger partial charge in [-0.2, -0.15) is 0 Å². The molecule has 0 amide bonds. The highest BCUT2D eigenvalue weighted by molar-refractivity contribution is 8.03. The largest absolute Gasteiger partial charge is 0.309 e. The fraction of sp³-hybridized carbons (Fsp3) is 0.0417. The number of nitrogens with zero attached hydrogens (tertiary/aromatic N) is 4. The average molecular weight is 697 g/mol. The molecule has 0 spiro atoms. The second-order valence-corrected chi connectivity index (χ2v) is 14.8. The van der Waals surface area contributed by atoms with Crippen LogP contribution in [0.4, 0.5) is 11.4 Å². The molecule has 11 rings (SSSR count). The molecule has 0 N–H and O–H groups in total. The molecule has 0 unspecified atom stereocenters. The molecule has 9 aromatic rings. The lowest BCUT2D eigenvalue weighted by Crippen LogP contribution is -2.21. The molecule has 2 aliphatic rings. The summed E-state index contributed by atoms with van der Waals surface area (Å²) in [4.78, 5) is 15.7. The van der Waals surface area contributed by atoms with E-state index in [1.807, 2.05) is 17.8 Å². The van der Waals surface area contributed by atoms with Gasteiger partial charge in [0.2, 0.25) is 5.95 Å². The summed E-state index contributed by atoms with van der Waals surface area (Å²) in [6.07, 6.45) is 6.72. The van der Waals surface area contributed by atoms with E-state index < -0.39 is 0 Å². The fourth-order valence-corrected chi connectivity index (χ4v) is 9.46. The van der Waals surface area contributed by atoms with Crippen LogP contribution in [0.1, 0.15) is 12.8 Å². The van der Waals surface area contributed by atoms with E-state index in [9.17, 15) is 0 Å². The van der Waals surface area contributed by atoms with Gasteiger partial charge in [-0.25, -0.2) is 9.97 Å².